The number of anilines is 4. The Balaban J connectivity index is 1.46. The number of primary amides is 1. The Morgan fingerprint density at radius 2 is 1.84 bits per heavy atom. The number of benzene rings is 2. The van der Waals surface area contributed by atoms with Crippen molar-refractivity contribution in [3.8, 4) is 11.3 Å². The topological polar surface area (TPSA) is 105 Å². The lowest BCUT2D eigenvalue weighted by atomic mass is 10.1. The summed E-state index contributed by atoms with van der Waals surface area (Å²) in [6.07, 6.45) is 1.64. The molecule has 4 rings (SSSR count). The van der Waals surface area contributed by atoms with Gasteiger partial charge in [-0.2, -0.15) is 0 Å². The molecule has 1 aliphatic rings. The van der Waals surface area contributed by atoms with Gasteiger partial charge in [-0.25, -0.2) is 14.4 Å². The van der Waals surface area contributed by atoms with Crippen LogP contribution in [0.3, 0.4) is 0 Å². The SMILES string of the molecule is C[C@@H](Nc1ccc(-c2ccnc(Nc3ccc(N4CCOCC4)c(F)c3)n2)cc1)C(N)=O. The molecule has 0 unspecified atom stereocenters. The first kappa shape index (κ1) is 21.5. The second-order valence-electron chi connectivity index (χ2n) is 7.50. The average Bonchev–Trinajstić information content (AvgIpc) is 2.80. The zero-order valence-electron chi connectivity index (χ0n) is 17.7. The van der Waals surface area contributed by atoms with Crippen molar-refractivity contribution in [2.75, 3.05) is 41.8 Å². The van der Waals surface area contributed by atoms with Crippen molar-refractivity contribution in [2.45, 2.75) is 13.0 Å². The number of halogens is 1. The van der Waals surface area contributed by atoms with E-state index in [2.05, 4.69) is 20.6 Å². The number of hydrogen-bond donors (Lipinski definition) is 3. The molecule has 0 spiro atoms. The Kier molecular flexibility index (Phi) is 6.46. The summed E-state index contributed by atoms with van der Waals surface area (Å²) in [6, 6.07) is 13.8. The van der Waals surface area contributed by atoms with E-state index in [1.807, 2.05) is 35.2 Å². The van der Waals surface area contributed by atoms with Crippen LogP contribution >= 0.6 is 0 Å². The molecule has 0 saturated carbocycles. The van der Waals surface area contributed by atoms with Crippen molar-refractivity contribution in [2.24, 2.45) is 5.73 Å². The van der Waals surface area contributed by atoms with Gasteiger partial charge in [-0.05, 0) is 43.3 Å². The van der Waals surface area contributed by atoms with Crippen LogP contribution in [0.1, 0.15) is 6.92 Å². The van der Waals surface area contributed by atoms with E-state index in [9.17, 15) is 9.18 Å². The summed E-state index contributed by atoms with van der Waals surface area (Å²) in [4.78, 5) is 22.0. The number of amides is 1. The van der Waals surface area contributed by atoms with Gasteiger partial charge in [-0.1, -0.05) is 12.1 Å². The molecule has 32 heavy (non-hydrogen) atoms. The Hall–Kier alpha value is -3.72. The van der Waals surface area contributed by atoms with Crippen LogP contribution in [0.15, 0.2) is 54.7 Å². The average molecular weight is 436 g/mol. The van der Waals surface area contributed by atoms with E-state index in [1.54, 1.807) is 25.3 Å². The molecule has 1 amide bonds. The quantitative estimate of drug-likeness (QED) is 0.522. The lowest BCUT2D eigenvalue weighted by Gasteiger charge is -2.29. The van der Waals surface area contributed by atoms with Crippen LogP contribution in [-0.2, 0) is 9.53 Å². The maximum Gasteiger partial charge on any atom is 0.239 e. The molecule has 3 aromatic rings. The molecular weight excluding hydrogens is 411 g/mol. The predicted octanol–water partition coefficient (Wildman–Crippen LogP) is 3.15. The number of rotatable bonds is 7. The van der Waals surface area contributed by atoms with E-state index in [4.69, 9.17) is 10.5 Å². The Labute approximate surface area is 185 Å². The predicted molar refractivity (Wildman–Crippen MR) is 122 cm³/mol. The van der Waals surface area contributed by atoms with Gasteiger partial charge in [0.05, 0.1) is 24.6 Å². The van der Waals surface area contributed by atoms with Crippen LogP contribution in [0.5, 0.6) is 0 Å². The minimum absolute atomic E-state index is 0.304. The zero-order valence-corrected chi connectivity index (χ0v) is 17.7. The highest BCUT2D eigenvalue weighted by Gasteiger charge is 2.15. The molecule has 1 aliphatic heterocycles. The summed E-state index contributed by atoms with van der Waals surface area (Å²) >= 11 is 0. The summed E-state index contributed by atoms with van der Waals surface area (Å²) in [5.41, 5.74) is 8.78. The maximum absolute atomic E-state index is 14.7. The number of nitrogens with one attached hydrogen (secondary N) is 2. The van der Waals surface area contributed by atoms with Crippen molar-refractivity contribution in [3.05, 3.63) is 60.5 Å². The van der Waals surface area contributed by atoms with Crippen LogP contribution in [0.2, 0.25) is 0 Å². The van der Waals surface area contributed by atoms with Gasteiger partial charge in [0.15, 0.2) is 0 Å². The van der Waals surface area contributed by atoms with Crippen molar-refractivity contribution >= 4 is 28.9 Å². The summed E-state index contributed by atoms with van der Waals surface area (Å²) in [6.45, 7) is 4.24. The Bertz CT molecular complexity index is 1090. The van der Waals surface area contributed by atoms with Crippen molar-refractivity contribution < 1.29 is 13.9 Å². The minimum atomic E-state index is -0.467. The standard InChI is InChI=1S/C23H25FN6O2/c1-15(22(25)31)27-17-4-2-16(3-5-17)20-8-9-26-23(29-20)28-18-6-7-21(19(24)14-18)30-10-12-32-13-11-30/h2-9,14-15,27H,10-13H2,1H3,(H2,25,31)(H,26,28,29)/t15-/m1/s1. The highest BCUT2D eigenvalue weighted by molar-refractivity contribution is 5.82. The molecule has 1 fully saturated rings. The van der Waals surface area contributed by atoms with Crippen molar-refractivity contribution in [1.82, 2.24) is 9.97 Å². The van der Waals surface area contributed by atoms with E-state index < -0.39 is 11.9 Å². The smallest absolute Gasteiger partial charge is 0.239 e. The fraction of sp³-hybridized carbons (Fsp3) is 0.261. The molecule has 1 atom stereocenters. The first-order valence-electron chi connectivity index (χ1n) is 10.4. The second-order valence-corrected chi connectivity index (χ2v) is 7.50. The molecule has 1 saturated heterocycles. The summed E-state index contributed by atoms with van der Waals surface area (Å²) in [5, 5.41) is 6.10. The van der Waals surface area contributed by atoms with Crippen LogP contribution in [0.4, 0.5) is 27.4 Å². The lowest BCUT2D eigenvalue weighted by Crippen LogP contribution is -2.36. The fourth-order valence-corrected chi connectivity index (χ4v) is 3.41. The van der Waals surface area contributed by atoms with Gasteiger partial charge in [-0.15, -0.1) is 0 Å². The number of hydrogen-bond acceptors (Lipinski definition) is 7. The molecule has 0 bridgehead atoms. The number of nitrogens with two attached hydrogens (primary N) is 1. The third-order valence-corrected chi connectivity index (χ3v) is 5.20. The maximum atomic E-state index is 14.7. The highest BCUT2D eigenvalue weighted by Crippen LogP contribution is 2.26. The van der Waals surface area contributed by atoms with Gasteiger partial charge in [0.2, 0.25) is 11.9 Å². The highest BCUT2D eigenvalue weighted by atomic mass is 19.1. The molecule has 2 heterocycles. The second kappa shape index (κ2) is 9.61. The number of morpholine rings is 1. The third kappa shape index (κ3) is 5.12. The van der Waals surface area contributed by atoms with Crippen LogP contribution in [0, 0.1) is 5.82 Å². The van der Waals surface area contributed by atoms with Crippen LogP contribution in [-0.4, -0.2) is 48.2 Å². The number of ether oxygens (including phenoxy) is 1. The van der Waals surface area contributed by atoms with E-state index in [-0.39, 0.29) is 5.82 Å². The van der Waals surface area contributed by atoms with Gasteiger partial charge >= 0.3 is 0 Å². The van der Waals surface area contributed by atoms with E-state index >= 15 is 0 Å². The Morgan fingerprint density at radius 3 is 2.53 bits per heavy atom. The van der Waals surface area contributed by atoms with E-state index in [0.717, 1.165) is 11.3 Å². The van der Waals surface area contributed by atoms with Gasteiger partial charge in [0, 0.05) is 36.2 Å². The Morgan fingerprint density at radius 1 is 1.12 bits per heavy atom. The van der Waals surface area contributed by atoms with Gasteiger partial charge in [0.1, 0.15) is 11.9 Å². The molecule has 4 N–H and O–H groups in total. The van der Waals surface area contributed by atoms with Gasteiger partial charge in [0.25, 0.3) is 0 Å². The summed E-state index contributed by atoms with van der Waals surface area (Å²) in [5.74, 6) is -0.359. The number of carbonyl (C=O) groups excluding carboxylic acids is 1. The summed E-state index contributed by atoms with van der Waals surface area (Å²) < 4.78 is 20.0. The minimum Gasteiger partial charge on any atom is -0.378 e. The molecule has 8 nitrogen and oxygen atoms in total. The first-order valence-corrected chi connectivity index (χ1v) is 10.4. The monoisotopic (exact) mass is 436 g/mol. The number of aromatic nitrogens is 2. The molecule has 1 aromatic heterocycles. The van der Waals surface area contributed by atoms with Crippen LogP contribution in [0.25, 0.3) is 11.3 Å². The zero-order chi connectivity index (χ0) is 22.5. The largest absolute Gasteiger partial charge is 0.378 e. The normalized spacial score (nSPS) is 14.6. The molecular formula is C23H25FN6O2. The summed E-state index contributed by atoms with van der Waals surface area (Å²) in [7, 11) is 0. The molecule has 2 aromatic carbocycles. The van der Waals surface area contributed by atoms with Gasteiger partial charge < -0.3 is 26.0 Å². The first-order chi connectivity index (χ1) is 15.5. The number of nitrogens with zero attached hydrogens (tertiary/aromatic N) is 3. The molecule has 0 radical (unpaired) electrons. The van der Waals surface area contributed by atoms with E-state index in [1.165, 1.54) is 6.07 Å². The fourth-order valence-electron chi connectivity index (χ4n) is 3.41. The lowest BCUT2D eigenvalue weighted by molar-refractivity contribution is -0.118. The van der Waals surface area contributed by atoms with Crippen LogP contribution < -0.4 is 21.3 Å². The van der Waals surface area contributed by atoms with Crippen molar-refractivity contribution in [3.63, 3.8) is 0 Å². The third-order valence-electron chi connectivity index (χ3n) is 5.20. The van der Waals surface area contributed by atoms with Crippen molar-refractivity contribution in [1.29, 1.82) is 0 Å². The molecule has 166 valence electrons. The molecule has 9 heteroatoms. The van der Waals surface area contributed by atoms with Gasteiger partial charge in [-0.3, -0.25) is 4.79 Å². The van der Waals surface area contributed by atoms with E-state index in [0.29, 0.717) is 49.3 Å². The molecule has 0 aliphatic carbocycles. The number of carbonyl (C=O) groups is 1.